The molecule has 1 N–H and O–H groups in total. The van der Waals surface area contributed by atoms with Crippen LogP contribution in [0.1, 0.15) is 13.8 Å². The maximum Gasteiger partial charge on any atom is 0.327 e. The Morgan fingerprint density at radius 3 is 2.64 bits per heavy atom. The summed E-state index contributed by atoms with van der Waals surface area (Å²) in [6, 6.07) is -0.426. The Morgan fingerprint density at radius 2 is 2.21 bits per heavy atom. The molecule has 0 bridgehead atoms. The van der Waals surface area contributed by atoms with Gasteiger partial charge in [0.25, 0.3) is 0 Å². The minimum absolute atomic E-state index is 0.281. The van der Waals surface area contributed by atoms with Crippen molar-refractivity contribution in [3.8, 4) is 0 Å². The third-order valence-electron chi connectivity index (χ3n) is 1.67. The van der Waals surface area contributed by atoms with E-state index in [1.165, 1.54) is 0 Å². The van der Waals surface area contributed by atoms with Gasteiger partial charge < -0.3 is 9.47 Å². The van der Waals surface area contributed by atoms with Crippen molar-refractivity contribution in [1.29, 1.82) is 0 Å². The average Bonchev–Trinajstić information content (AvgIpc) is 2.12. The fraction of sp³-hybridized carbons (Fsp3) is 0.700. The number of methoxy groups -OCH3 is 1. The Bertz CT molecular complexity index is 192. The molecule has 0 amide bonds. The van der Waals surface area contributed by atoms with Gasteiger partial charge in [0.1, 0.15) is 6.04 Å². The Labute approximate surface area is 85.3 Å². The third kappa shape index (κ3) is 4.99. The van der Waals surface area contributed by atoms with E-state index >= 15 is 0 Å². The van der Waals surface area contributed by atoms with Gasteiger partial charge in [-0.3, -0.25) is 5.32 Å². The molecule has 0 rings (SSSR count). The highest BCUT2D eigenvalue weighted by Crippen LogP contribution is 2.00. The topological polar surface area (TPSA) is 47.6 Å². The van der Waals surface area contributed by atoms with E-state index in [-0.39, 0.29) is 5.97 Å². The van der Waals surface area contributed by atoms with Gasteiger partial charge in [-0.25, -0.2) is 4.79 Å². The highest BCUT2D eigenvalue weighted by molar-refractivity contribution is 5.79. The van der Waals surface area contributed by atoms with Crippen LogP contribution >= 0.6 is 0 Å². The highest BCUT2D eigenvalue weighted by atomic mass is 16.5. The van der Waals surface area contributed by atoms with E-state index in [9.17, 15) is 4.79 Å². The first-order valence-corrected chi connectivity index (χ1v) is 4.67. The first-order valence-electron chi connectivity index (χ1n) is 4.67. The van der Waals surface area contributed by atoms with Crippen molar-refractivity contribution < 1.29 is 14.3 Å². The normalized spacial score (nSPS) is 12.2. The first-order chi connectivity index (χ1) is 6.63. The maximum atomic E-state index is 11.4. The molecule has 1 atom stereocenters. The van der Waals surface area contributed by atoms with Crippen LogP contribution in [0.4, 0.5) is 0 Å². The predicted molar refractivity (Wildman–Crippen MR) is 55.1 cm³/mol. The highest BCUT2D eigenvalue weighted by Gasteiger charge is 2.19. The molecule has 82 valence electrons. The Morgan fingerprint density at radius 1 is 1.57 bits per heavy atom. The summed E-state index contributed by atoms with van der Waals surface area (Å²) in [5.41, 5.74) is 0.750. The SMILES string of the molecule is C=C(C)C(NCCOC)C(=O)OCC. The molecule has 4 heteroatoms. The quantitative estimate of drug-likeness (QED) is 0.375. The van der Waals surface area contributed by atoms with Crippen LogP contribution in [0.2, 0.25) is 0 Å². The van der Waals surface area contributed by atoms with Gasteiger partial charge in [0.05, 0.1) is 13.2 Å². The van der Waals surface area contributed by atoms with Gasteiger partial charge in [-0.1, -0.05) is 12.2 Å². The van der Waals surface area contributed by atoms with E-state index in [4.69, 9.17) is 9.47 Å². The zero-order chi connectivity index (χ0) is 11.0. The van der Waals surface area contributed by atoms with Gasteiger partial charge in [-0.15, -0.1) is 0 Å². The maximum absolute atomic E-state index is 11.4. The van der Waals surface area contributed by atoms with Gasteiger partial charge in [0.2, 0.25) is 0 Å². The summed E-state index contributed by atoms with van der Waals surface area (Å²) < 4.78 is 9.76. The molecule has 4 nitrogen and oxygen atoms in total. The fourth-order valence-electron chi connectivity index (χ4n) is 0.990. The molecule has 0 aliphatic carbocycles. The van der Waals surface area contributed by atoms with Gasteiger partial charge >= 0.3 is 5.97 Å². The van der Waals surface area contributed by atoms with E-state index in [0.717, 1.165) is 5.57 Å². The Balaban J connectivity index is 4.01. The van der Waals surface area contributed by atoms with E-state index in [0.29, 0.717) is 19.8 Å². The van der Waals surface area contributed by atoms with Gasteiger partial charge in [-0.2, -0.15) is 0 Å². The van der Waals surface area contributed by atoms with Gasteiger partial charge in [0.15, 0.2) is 0 Å². The summed E-state index contributed by atoms with van der Waals surface area (Å²) in [5, 5.41) is 3.01. The number of nitrogens with one attached hydrogen (secondary N) is 1. The van der Waals surface area contributed by atoms with E-state index in [1.807, 2.05) is 0 Å². The minimum Gasteiger partial charge on any atom is -0.465 e. The largest absolute Gasteiger partial charge is 0.465 e. The molecule has 0 saturated heterocycles. The second kappa shape index (κ2) is 7.53. The lowest BCUT2D eigenvalue weighted by Gasteiger charge is -2.16. The number of esters is 1. The van der Waals surface area contributed by atoms with Crippen LogP contribution in [0.5, 0.6) is 0 Å². The monoisotopic (exact) mass is 201 g/mol. The molecule has 0 aromatic rings. The van der Waals surface area contributed by atoms with E-state index in [2.05, 4.69) is 11.9 Å². The van der Waals surface area contributed by atoms with Crippen molar-refractivity contribution in [3.63, 3.8) is 0 Å². The summed E-state index contributed by atoms with van der Waals surface area (Å²) in [4.78, 5) is 11.4. The molecule has 0 spiro atoms. The van der Waals surface area contributed by atoms with Gasteiger partial charge in [-0.05, 0) is 13.8 Å². The second-order valence-corrected chi connectivity index (χ2v) is 2.98. The van der Waals surface area contributed by atoms with Crippen LogP contribution in [0.25, 0.3) is 0 Å². The molecule has 0 fully saturated rings. The number of hydrogen-bond acceptors (Lipinski definition) is 4. The zero-order valence-corrected chi connectivity index (χ0v) is 9.13. The van der Waals surface area contributed by atoms with Gasteiger partial charge in [0, 0.05) is 13.7 Å². The second-order valence-electron chi connectivity index (χ2n) is 2.98. The predicted octanol–water partition coefficient (Wildman–Crippen LogP) is 0.730. The molecule has 1 unspecified atom stereocenters. The molecular weight excluding hydrogens is 182 g/mol. The fourth-order valence-corrected chi connectivity index (χ4v) is 0.990. The van der Waals surface area contributed by atoms with Crippen molar-refractivity contribution in [1.82, 2.24) is 5.32 Å². The van der Waals surface area contributed by atoms with Crippen LogP contribution in [-0.2, 0) is 14.3 Å². The Hall–Kier alpha value is -0.870. The lowest BCUT2D eigenvalue weighted by atomic mass is 10.1. The van der Waals surface area contributed by atoms with Crippen molar-refractivity contribution in [2.45, 2.75) is 19.9 Å². The molecule has 0 aromatic carbocycles. The summed E-state index contributed by atoms with van der Waals surface area (Å²) in [7, 11) is 1.61. The summed E-state index contributed by atoms with van der Waals surface area (Å²) in [6.07, 6.45) is 0. The number of carbonyl (C=O) groups is 1. The van der Waals surface area contributed by atoms with Crippen molar-refractivity contribution in [2.24, 2.45) is 0 Å². The molecule has 0 aliphatic rings. The summed E-state index contributed by atoms with van der Waals surface area (Å²) in [5.74, 6) is -0.281. The van der Waals surface area contributed by atoms with E-state index in [1.54, 1.807) is 21.0 Å². The molecule has 0 heterocycles. The van der Waals surface area contributed by atoms with Crippen molar-refractivity contribution >= 4 is 5.97 Å². The number of ether oxygens (including phenoxy) is 2. The molecule has 0 aliphatic heterocycles. The smallest absolute Gasteiger partial charge is 0.327 e. The number of rotatable bonds is 7. The van der Waals surface area contributed by atoms with Crippen LogP contribution in [0.15, 0.2) is 12.2 Å². The van der Waals surface area contributed by atoms with Crippen LogP contribution < -0.4 is 5.32 Å². The lowest BCUT2D eigenvalue weighted by molar-refractivity contribution is -0.144. The summed E-state index contributed by atoms with van der Waals surface area (Å²) >= 11 is 0. The Kier molecular flexibility index (Phi) is 7.06. The van der Waals surface area contributed by atoms with Crippen LogP contribution in [-0.4, -0.2) is 38.9 Å². The average molecular weight is 201 g/mol. The number of carbonyl (C=O) groups excluding carboxylic acids is 1. The molecular formula is C10H19NO3. The summed E-state index contributed by atoms with van der Waals surface area (Å²) in [6.45, 7) is 8.85. The molecule has 0 saturated carbocycles. The molecule has 14 heavy (non-hydrogen) atoms. The third-order valence-corrected chi connectivity index (χ3v) is 1.67. The van der Waals surface area contributed by atoms with Crippen molar-refractivity contribution in [3.05, 3.63) is 12.2 Å². The minimum atomic E-state index is -0.426. The lowest BCUT2D eigenvalue weighted by Crippen LogP contribution is -2.40. The zero-order valence-electron chi connectivity index (χ0n) is 9.13. The first kappa shape index (κ1) is 13.1. The molecule has 0 radical (unpaired) electrons. The van der Waals surface area contributed by atoms with E-state index < -0.39 is 6.04 Å². The molecule has 0 aromatic heterocycles. The van der Waals surface area contributed by atoms with Crippen molar-refractivity contribution in [2.75, 3.05) is 26.9 Å². The van der Waals surface area contributed by atoms with Crippen LogP contribution in [0, 0.1) is 0 Å². The van der Waals surface area contributed by atoms with Crippen LogP contribution in [0.3, 0.4) is 0 Å². The standard InChI is InChI=1S/C10H19NO3/c1-5-14-10(12)9(8(2)3)11-6-7-13-4/h9,11H,2,5-7H2,1,3-4H3. The number of hydrogen-bond donors (Lipinski definition) is 1.